The summed E-state index contributed by atoms with van der Waals surface area (Å²) >= 11 is 0. The summed E-state index contributed by atoms with van der Waals surface area (Å²) in [5.41, 5.74) is 1.63. The van der Waals surface area contributed by atoms with Crippen molar-refractivity contribution < 1.29 is 14.6 Å². The first kappa shape index (κ1) is 14.3. The van der Waals surface area contributed by atoms with Crippen molar-refractivity contribution in [2.75, 3.05) is 25.6 Å². The number of para-hydroxylation sites is 1. The monoisotopic (exact) mass is 274 g/mol. The van der Waals surface area contributed by atoms with E-state index in [0.29, 0.717) is 18.8 Å². The lowest BCUT2D eigenvalue weighted by atomic mass is 10.1. The van der Waals surface area contributed by atoms with E-state index in [0.717, 1.165) is 23.7 Å². The van der Waals surface area contributed by atoms with Crippen LogP contribution in [0, 0.1) is 0 Å². The van der Waals surface area contributed by atoms with Gasteiger partial charge in [-0.25, -0.2) is 4.79 Å². The Morgan fingerprint density at radius 1 is 1.35 bits per heavy atom. The Bertz CT molecular complexity index is 599. The van der Waals surface area contributed by atoms with Crippen molar-refractivity contribution in [3.8, 4) is 0 Å². The van der Waals surface area contributed by atoms with Gasteiger partial charge in [0, 0.05) is 31.8 Å². The molecule has 1 aromatic heterocycles. The molecule has 0 spiro atoms. The van der Waals surface area contributed by atoms with E-state index in [9.17, 15) is 9.90 Å². The van der Waals surface area contributed by atoms with E-state index in [1.54, 1.807) is 7.11 Å². The number of carboxylic acid groups (broad SMARTS) is 1. The van der Waals surface area contributed by atoms with Crippen molar-refractivity contribution in [1.82, 2.24) is 4.98 Å². The average molecular weight is 274 g/mol. The molecule has 2 aromatic rings. The minimum atomic E-state index is -0.970. The third-order valence-electron chi connectivity index (χ3n) is 3.08. The van der Waals surface area contributed by atoms with Gasteiger partial charge in [-0.1, -0.05) is 18.2 Å². The number of unbranched alkanes of at least 4 members (excludes halogenated alkanes) is 1. The lowest BCUT2D eigenvalue weighted by molar-refractivity contribution is 0.0697. The highest BCUT2D eigenvalue weighted by Crippen LogP contribution is 2.25. The molecule has 5 heteroatoms. The number of pyridine rings is 1. The number of hydrogen-bond acceptors (Lipinski definition) is 4. The van der Waals surface area contributed by atoms with Crippen LogP contribution in [-0.2, 0) is 4.74 Å². The molecular formula is C15H18N2O3. The first-order chi connectivity index (χ1) is 9.74. The summed E-state index contributed by atoms with van der Waals surface area (Å²) in [5, 5.41) is 13.3. The maximum absolute atomic E-state index is 11.3. The summed E-state index contributed by atoms with van der Waals surface area (Å²) in [6.07, 6.45) is 3.26. The third-order valence-corrected chi connectivity index (χ3v) is 3.08. The van der Waals surface area contributed by atoms with E-state index in [1.807, 2.05) is 24.3 Å². The van der Waals surface area contributed by atoms with Gasteiger partial charge in [0.2, 0.25) is 0 Å². The van der Waals surface area contributed by atoms with Crippen molar-refractivity contribution in [1.29, 1.82) is 0 Å². The van der Waals surface area contributed by atoms with Crippen LogP contribution in [-0.4, -0.2) is 36.3 Å². The van der Waals surface area contributed by atoms with E-state index in [2.05, 4.69) is 10.3 Å². The summed E-state index contributed by atoms with van der Waals surface area (Å²) in [7, 11) is 1.67. The number of aromatic nitrogens is 1. The fraction of sp³-hybridized carbons (Fsp3) is 0.333. The number of carboxylic acids is 1. The predicted molar refractivity (Wildman–Crippen MR) is 78.3 cm³/mol. The Morgan fingerprint density at radius 3 is 2.90 bits per heavy atom. The minimum absolute atomic E-state index is 0.204. The molecule has 0 amide bonds. The SMILES string of the molecule is COCCCCNc1c(C(=O)O)cnc2ccccc12. The maximum atomic E-state index is 11.3. The fourth-order valence-electron chi connectivity index (χ4n) is 2.08. The molecule has 5 nitrogen and oxygen atoms in total. The number of nitrogens with one attached hydrogen (secondary N) is 1. The largest absolute Gasteiger partial charge is 0.478 e. The van der Waals surface area contributed by atoms with E-state index in [1.165, 1.54) is 6.20 Å². The Morgan fingerprint density at radius 2 is 2.15 bits per heavy atom. The molecule has 2 rings (SSSR count). The van der Waals surface area contributed by atoms with Crippen LogP contribution in [0.25, 0.3) is 10.9 Å². The molecule has 20 heavy (non-hydrogen) atoms. The maximum Gasteiger partial charge on any atom is 0.339 e. The van der Waals surface area contributed by atoms with E-state index in [4.69, 9.17) is 4.74 Å². The Hall–Kier alpha value is -2.14. The zero-order valence-corrected chi connectivity index (χ0v) is 11.4. The van der Waals surface area contributed by atoms with Crippen LogP contribution in [0.1, 0.15) is 23.2 Å². The van der Waals surface area contributed by atoms with E-state index < -0.39 is 5.97 Å². The van der Waals surface area contributed by atoms with Crippen molar-refractivity contribution in [3.63, 3.8) is 0 Å². The second-order valence-electron chi connectivity index (χ2n) is 4.50. The van der Waals surface area contributed by atoms with Crippen LogP contribution in [0.15, 0.2) is 30.5 Å². The number of rotatable bonds is 7. The Kier molecular flexibility index (Phi) is 4.90. The predicted octanol–water partition coefficient (Wildman–Crippen LogP) is 2.77. The van der Waals surface area contributed by atoms with Crippen molar-refractivity contribution in [2.45, 2.75) is 12.8 Å². The van der Waals surface area contributed by atoms with Gasteiger partial charge < -0.3 is 15.2 Å². The first-order valence-corrected chi connectivity index (χ1v) is 6.58. The Labute approximate surface area is 117 Å². The molecule has 0 aliphatic carbocycles. The molecule has 1 aromatic carbocycles. The highest BCUT2D eigenvalue weighted by Gasteiger charge is 2.13. The standard InChI is InChI=1S/C15H18N2O3/c1-20-9-5-4-8-16-14-11-6-2-3-7-13(11)17-10-12(14)15(18)19/h2-3,6-7,10H,4-5,8-9H2,1H3,(H,16,17)(H,18,19). The summed E-state index contributed by atoms with van der Waals surface area (Å²) < 4.78 is 4.99. The zero-order chi connectivity index (χ0) is 14.4. The van der Waals surface area contributed by atoms with Gasteiger partial charge in [0.15, 0.2) is 0 Å². The number of nitrogens with zero attached hydrogens (tertiary/aromatic N) is 1. The summed E-state index contributed by atoms with van der Waals surface area (Å²) in [4.78, 5) is 15.5. The van der Waals surface area contributed by atoms with Crippen molar-refractivity contribution in [2.24, 2.45) is 0 Å². The number of aromatic carboxylic acids is 1. The van der Waals surface area contributed by atoms with Gasteiger partial charge in [-0.3, -0.25) is 4.98 Å². The summed E-state index contributed by atoms with van der Waals surface area (Å²) in [6, 6.07) is 7.52. The second-order valence-corrected chi connectivity index (χ2v) is 4.50. The molecule has 0 aliphatic rings. The number of methoxy groups -OCH3 is 1. The van der Waals surface area contributed by atoms with Crippen LogP contribution in [0.4, 0.5) is 5.69 Å². The van der Waals surface area contributed by atoms with Crippen molar-refractivity contribution in [3.05, 3.63) is 36.0 Å². The number of benzene rings is 1. The molecule has 0 saturated heterocycles. The topological polar surface area (TPSA) is 71.5 Å². The number of hydrogen-bond donors (Lipinski definition) is 2. The first-order valence-electron chi connectivity index (χ1n) is 6.58. The van der Waals surface area contributed by atoms with Gasteiger partial charge in [0.25, 0.3) is 0 Å². The van der Waals surface area contributed by atoms with Gasteiger partial charge in [-0.15, -0.1) is 0 Å². The molecule has 1 heterocycles. The molecule has 0 saturated carbocycles. The molecule has 0 unspecified atom stereocenters. The highest BCUT2D eigenvalue weighted by atomic mass is 16.5. The molecule has 0 fully saturated rings. The van der Waals surface area contributed by atoms with Crippen molar-refractivity contribution >= 4 is 22.6 Å². The lowest BCUT2D eigenvalue weighted by Gasteiger charge is -2.12. The molecule has 0 bridgehead atoms. The number of anilines is 1. The van der Waals surface area contributed by atoms with Gasteiger partial charge >= 0.3 is 5.97 Å². The molecule has 106 valence electrons. The van der Waals surface area contributed by atoms with E-state index in [-0.39, 0.29) is 5.56 Å². The molecule has 0 aliphatic heterocycles. The lowest BCUT2D eigenvalue weighted by Crippen LogP contribution is -2.09. The van der Waals surface area contributed by atoms with E-state index >= 15 is 0 Å². The highest BCUT2D eigenvalue weighted by molar-refractivity contribution is 6.04. The normalized spacial score (nSPS) is 10.7. The summed E-state index contributed by atoms with van der Waals surface area (Å²) in [5.74, 6) is -0.970. The van der Waals surface area contributed by atoms with Crippen LogP contribution in [0.3, 0.4) is 0 Å². The van der Waals surface area contributed by atoms with Crippen LogP contribution in [0.2, 0.25) is 0 Å². The molecular weight excluding hydrogens is 256 g/mol. The quantitative estimate of drug-likeness (QED) is 0.760. The smallest absolute Gasteiger partial charge is 0.339 e. The molecule has 2 N–H and O–H groups in total. The van der Waals surface area contributed by atoms with Crippen LogP contribution in [0.5, 0.6) is 0 Å². The van der Waals surface area contributed by atoms with Gasteiger partial charge in [-0.2, -0.15) is 0 Å². The van der Waals surface area contributed by atoms with Crippen LogP contribution >= 0.6 is 0 Å². The average Bonchev–Trinajstić information content (AvgIpc) is 2.46. The number of carbonyl (C=O) groups is 1. The number of ether oxygens (including phenoxy) is 1. The van der Waals surface area contributed by atoms with Gasteiger partial charge in [0.05, 0.1) is 11.2 Å². The molecule has 0 radical (unpaired) electrons. The molecule has 0 atom stereocenters. The summed E-state index contributed by atoms with van der Waals surface area (Å²) in [6.45, 7) is 1.42. The van der Waals surface area contributed by atoms with Gasteiger partial charge in [-0.05, 0) is 18.9 Å². The third kappa shape index (κ3) is 3.24. The Balaban J connectivity index is 2.23. The van der Waals surface area contributed by atoms with Crippen LogP contribution < -0.4 is 5.32 Å². The number of fused-ring (bicyclic) bond motifs is 1. The zero-order valence-electron chi connectivity index (χ0n) is 11.4. The van der Waals surface area contributed by atoms with Gasteiger partial charge in [0.1, 0.15) is 5.56 Å². The minimum Gasteiger partial charge on any atom is -0.478 e. The fourth-order valence-corrected chi connectivity index (χ4v) is 2.08. The second kappa shape index (κ2) is 6.86.